The SMILES string of the molecule is C=CC(=O)N1CC(CC(=O)Nc2ccnn2Cc2ccc(Cl)c(F)c2)C1. The summed E-state index contributed by atoms with van der Waals surface area (Å²) in [4.78, 5) is 25.3. The first-order chi connectivity index (χ1) is 12.5. The summed E-state index contributed by atoms with van der Waals surface area (Å²) in [5, 5.41) is 7.03. The van der Waals surface area contributed by atoms with Crippen LogP contribution in [0.5, 0.6) is 0 Å². The standard InChI is InChI=1S/C18H18ClFN4O2/c1-2-18(26)23-9-13(10-23)8-17(25)22-16-5-6-21-24(16)11-12-3-4-14(19)15(20)7-12/h2-7,13H,1,8-11H2,(H,22,25). The fraction of sp³-hybridized carbons (Fsp3) is 0.278. The van der Waals surface area contributed by atoms with Crippen LogP contribution in [-0.2, 0) is 16.1 Å². The summed E-state index contributed by atoms with van der Waals surface area (Å²) in [7, 11) is 0. The first-order valence-corrected chi connectivity index (χ1v) is 8.51. The molecule has 26 heavy (non-hydrogen) atoms. The highest BCUT2D eigenvalue weighted by Gasteiger charge is 2.30. The maximum Gasteiger partial charge on any atom is 0.245 e. The lowest BCUT2D eigenvalue weighted by Crippen LogP contribution is -2.50. The van der Waals surface area contributed by atoms with Crippen molar-refractivity contribution >= 4 is 29.2 Å². The molecule has 6 nitrogen and oxygen atoms in total. The monoisotopic (exact) mass is 376 g/mol. The van der Waals surface area contributed by atoms with E-state index < -0.39 is 5.82 Å². The van der Waals surface area contributed by atoms with Gasteiger partial charge in [-0.2, -0.15) is 5.10 Å². The normalized spacial score (nSPS) is 14.0. The predicted octanol–water partition coefficient (Wildman–Crippen LogP) is 2.70. The third-order valence-electron chi connectivity index (χ3n) is 4.22. The number of anilines is 1. The van der Waals surface area contributed by atoms with Gasteiger partial charge in [0.2, 0.25) is 11.8 Å². The summed E-state index contributed by atoms with van der Waals surface area (Å²) >= 11 is 5.68. The third-order valence-corrected chi connectivity index (χ3v) is 4.52. The van der Waals surface area contributed by atoms with Gasteiger partial charge in [0.25, 0.3) is 0 Å². The second-order valence-electron chi connectivity index (χ2n) is 6.19. The number of aromatic nitrogens is 2. The van der Waals surface area contributed by atoms with Crippen LogP contribution < -0.4 is 5.32 Å². The van der Waals surface area contributed by atoms with E-state index in [1.807, 2.05) is 0 Å². The number of carbonyl (C=O) groups is 2. The number of amides is 2. The fourth-order valence-electron chi connectivity index (χ4n) is 2.84. The molecule has 1 saturated heterocycles. The molecule has 1 aliphatic rings. The maximum atomic E-state index is 13.6. The van der Waals surface area contributed by atoms with Crippen LogP contribution in [0.25, 0.3) is 0 Å². The highest BCUT2D eigenvalue weighted by molar-refractivity contribution is 6.30. The molecule has 8 heteroatoms. The largest absolute Gasteiger partial charge is 0.338 e. The Bertz CT molecular complexity index is 845. The number of rotatable bonds is 6. The van der Waals surface area contributed by atoms with E-state index in [0.29, 0.717) is 37.4 Å². The topological polar surface area (TPSA) is 67.2 Å². The zero-order chi connectivity index (χ0) is 18.7. The van der Waals surface area contributed by atoms with E-state index in [1.165, 1.54) is 18.2 Å². The molecule has 0 bridgehead atoms. The average Bonchev–Trinajstić information content (AvgIpc) is 3.00. The summed E-state index contributed by atoms with van der Waals surface area (Å²) < 4.78 is 15.1. The minimum Gasteiger partial charge on any atom is -0.338 e. The lowest BCUT2D eigenvalue weighted by Gasteiger charge is -2.38. The van der Waals surface area contributed by atoms with Crippen LogP contribution in [0.4, 0.5) is 10.2 Å². The van der Waals surface area contributed by atoms with Gasteiger partial charge in [0, 0.05) is 31.5 Å². The summed E-state index contributed by atoms with van der Waals surface area (Å²) in [6.07, 6.45) is 3.16. The Morgan fingerprint density at radius 3 is 2.85 bits per heavy atom. The van der Waals surface area contributed by atoms with Gasteiger partial charge in [0.15, 0.2) is 0 Å². The first kappa shape index (κ1) is 18.1. The minimum absolute atomic E-state index is 0.0622. The molecule has 1 aromatic carbocycles. The first-order valence-electron chi connectivity index (χ1n) is 8.13. The molecule has 1 fully saturated rings. The molecule has 136 valence electrons. The molecule has 0 saturated carbocycles. The van der Waals surface area contributed by atoms with Crippen LogP contribution in [-0.4, -0.2) is 39.6 Å². The van der Waals surface area contributed by atoms with Crippen molar-refractivity contribution in [2.75, 3.05) is 18.4 Å². The lowest BCUT2D eigenvalue weighted by atomic mass is 9.96. The van der Waals surface area contributed by atoms with Crippen LogP contribution >= 0.6 is 11.6 Å². The number of hydrogen-bond acceptors (Lipinski definition) is 3. The quantitative estimate of drug-likeness (QED) is 0.788. The average molecular weight is 377 g/mol. The minimum atomic E-state index is -0.495. The van der Waals surface area contributed by atoms with Crippen LogP contribution in [0.15, 0.2) is 43.1 Å². The molecular weight excluding hydrogens is 359 g/mol. The fourth-order valence-corrected chi connectivity index (χ4v) is 2.96. The molecule has 1 aromatic heterocycles. The van der Waals surface area contributed by atoms with Crippen molar-refractivity contribution in [3.8, 4) is 0 Å². The van der Waals surface area contributed by atoms with E-state index in [-0.39, 0.29) is 22.8 Å². The maximum absolute atomic E-state index is 13.6. The van der Waals surface area contributed by atoms with Crippen molar-refractivity contribution in [3.63, 3.8) is 0 Å². The Labute approximate surface area is 155 Å². The lowest BCUT2D eigenvalue weighted by molar-refractivity contribution is -0.134. The van der Waals surface area contributed by atoms with E-state index in [2.05, 4.69) is 17.0 Å². The Morgan fingerprint density at radius 1 is 1.38 bits per heavy atom. The molecule has 2 heterocycles. The number of carbonyl (C=O) groups excluding carboxylic acids is 2. The van der Waals surface area contributed by atoms with E-state index in [9.17, 15) is 14.0 Å². The van der Waals surface area contributed by atoms with Gasteiger partial charge in [0.05, 0.1) is 17.8 Å². The predicted molar refractivity (Wildman–Crippen MR) is 96.3 cm³/mol. The molecule has 3 rings (SSSR count). The number of nitrogens with zero attached hydrogens (tertiary/aromatic N) is 3. The molecule has 0 atom stereocenters. The van der Waals surface area contributed by atoms with Gasteiger partial charge in [-0.3, -0.25) is 9.59 Å². The van der Waals surface area contributed by atoms with Crippen molar-refractivity contribution in [2.45, 2.75) is 13.0 Å². The zero-order valence-corrected chi connectivity index (χ0v) is 14.7. The van der Waals surface area contributed by atoms with E-state index in [1.54, 1.807) is 27.9 Å². The molecule has 0 spiro atoms. The second-order valence-corrected chi connectivity index (χ2v) is 6.60. The number of hydrogen-bond donors (Lipinski definition) is 1. The zero-order valence-electron chi connectivity index (χ0n) is 14.0. The molecule has 0 unspecified atom stereocenters. The summed E-state index contributed by atoms with van der Waals surface area (Å²) in [5.41, 5.74) is 0.684. The Hall–Kier alpha value is -2.67. The van der Waals surface area contributed by atoms with Crippen molar-refractivity contribution in [1.82, 2.24) is 14.7 Å². The third kappa shape index (κ3) is 4.11. The van der Waals surface area contributed by atoms with E-state index >= 15 is 0 Å². The van der Waals surface area contributed by atoms with Crippen molar-refractivity contribution in [3.05, 3.63) is 59.5 Å². The van der Waals surface area contributed by atoms with Gasteiger partial charge in [-0.1, -0.05) is 24.2 Å². The van der Waals surface area contributed by atoms with Crippen LogP contribution in [0.2, 0.25) is 5.02 Å². The van der Waals surface area contributed by atoms with E-state index in [4.69, 9.17) is 11.6 Å². The molecule has 0 radical (unpaired) electrons. The van der Waals surface area contributed by atoms with E-state index in [0.717, 1.165) is 0 Å². The Morgan fingerprint density at radius 2 is 2.15 bits per heavy atom. The molecule has 2 aromatic rings. The van der Waals surface area contributed by atoms with Gasteiger partial charge in [0.1, 0.15) is 11.6 Å². The van der Waals surface area contributed by atoms with Gasteiger partial charge >= 0.3 is 0 Å². The number of likely N-dealkylation sites (tertiary alicyclic amines) is 1. The number of benzene rings is 1. The number of halogens is 2. The van der Waals surface area contributed by atoms with Gasteiger partial charge < -0.3 is 10.2 Å². The van der Waals surface area contributed by atoms with Gasteiger partial charge in [-0.15, -0.1) is 0 Å². The Balaban J connectivity index is 1.55. The van der Waals surface area contributed by atoms with Crippen molar-refractivity contribution in [1.29, 1.82) is 0 Å². The molecular formula is C18H18ClFN4O2. The summed E-state index contributed by atoms with van der Waals surface area (Å²) in [6.45, 7) is 4.86. The molecule has 2 amide bonds. The van der Waals surface area contributed by atoms with Crippen molar-refractivity contribution in [2.24, 2.45) is 5.92 Å². The van der Waals surface area contributed by atoms with Crippen LogP contribution in [0, 0.1) is 11.7 Å². The second kappa shape index (κ2) is 7.70. The summed E-state index contributed by atoms with van der Waals surface area (Å²) in [5.74, 6) is -0.0884. The number of nitrogens with one attached hydrogen (secondary N) is 1. The highest BCUT2D eigenvalue weighted by atomic mass is 35.5. The van der Waals surface area contributed by atoms with Crippen LogP contribution in [0.1, 0.15) is 12.0 Å². The van der Waals surface area contributed by atoms with Crippen LogP contribution in [0.3, 0.4) is 0 Å². The Kier molecular flexibility index (Phi) is 5.37. The molecule has 1 N–H and O–H groups in total. The smallest absolute Gasteiger partial charge is 0.245 e. The molecule has 0 aliphatic carbocycles. The molecule has 1 aliphatic heterocycles. The van der Waals surface area contributed by atoms with Gasteiger partial charge in [-0.05, 0) is 23.8 Å². The van der Waals surface area contributed by atoms with Gasteiger partial charge in [-0.25, -0.2) is 9.07 Å². The highest BCUT2D eigenvalue weighted by Crippen LogP contribution is 2.21. The van der Waals surface area contributed by atoms with Crippen molar-refractivity contribution < 1.29 is 14.0 Å². The summed E-state index contributed by atoms with van der Waals surface area (Å²) in [6, 6.07) is 6.22.